The molecular formula is C24H42FIN6. The standard InChI is InChI=1S/C24H41FN6.HI/c1-3-4-13-29-15-10-21(11-16-29)28-24(26-2)27-12-7-14-30-17-19-31(20-18-30)23-9-6-5-8-22(23)25;/h5-6,8-9,21H,3-4,7,10-20H2,1-2H3,(H2,26,27,28);1H. The molecule has 3 rings (SSSR count). The SMILES string of the molecule is CCCCN1CCC(NC(=NC)NCCCN2CCN(c3ccccc3F)CC2)CC1.I. The number of nitrogens with one attached hydrogen (secondary N) is 2. The summed E-state index contributed by atoms with van der Waals surface area (Å²) in [7, 11) is 1.85. The number of benzene rings is 1. The summed E-state index contributed by atoms with van der Waals surface area (Å²) < 4.78 is 14.0. The zero-order valence-corrected chi connectivity index (χ0v) is 22.2. The van der Waals surface area contributed by atoms with E-state index < -0.39 is 0 Å². The fraction of sp³-hybridized carbons (Fsp3) is 0.708. The summed E-state index contributed by atoms with van der Waals surface area (Å²) >= 11 is 0. The Morgan fingerprint density at radius 2 is 1.66 bits per heavy atom. The second-order valence-electron chi connectivity index (χ2n) is 8.75. The van der Waals surface area contributed by atoms with Crippen LogP contribution in [0.2, 0.25) is 0 Å². The summed E-state index contributed by atoms with van der Waals surface area (Å²) in [6.07, 6.45) is 6.04. The van der Waals surface area contributed by atoms with Crippen molar-refractivity contribution >= 4 is 35.6 Å². The Kier molecular flexibility index (Phi) is 12.6. The van der Waals surface area contributed by atoms with E-state index in [1.54, 1.807) is 12.1 Å². The molecule has 0 spiro atoms. The van der Waals surface area contributed by atoms with Gasteiger partial charge < -0.3 is 20.4 Å². The van der Waals surface area contributed by atoms with Gasteiger partial charge in [-0.25, -0.2) is 4.39 Å². The van der Waals surface area contributed by atoms with Gasteiger partial charge in [0, 0.05) is 58.9 Å². The predicted molar refractivity (Wildman–Crippen MR) is 144 cm³/mol. The number of anilines is 1. The van der Waals surface area contributed by atoms with Gasteiger partial charge in [0.1, 0.15) is 5.82 Å². The second-order valence-corrected chi connectivity index (χ2v) is 8.75. The van der Waals surface area contributed by atoms with Gasteiger partial charge in [-0.05, 0) is 50.9 Å². The van der Waals surface area contributed by atoms with Crippen molar-refractivity contribution in [3.63, 3.8) is 0 Å². The van der Waals surface area contributed by atoms with Crippen LogP contribution in [0.4, 0.5) is 10.1 Å². The third-order valence-electron chi connectivity index (χ3n) is 6.49. The first-order valence-electron chi connectivity index (χ1n) is 12.1. The maximum atomic E-state index is 14.0. The molecule has 1 aromatic carbocycles. The number of hydrogen-bond donors (Lipinski definition) is 2. The number of nitrogens with zero attached hydrogens (tertiary/aromatic N) is 4. The van der Waals surface area contributed by atoms with E-state index in [0.717, 1.165) is 57.3 Å². The van der Waals surface area contributed by atoms with Gasteiger partial charge in [0.05, 0.1) is 5.69 Å². The molecule has 0 unspecified atom stereocenters. The summed E-state index contributed by atoms with van der Waals surface area (Å²) in [5.41, 5.74) is 0.731. The summed E-state index contributed by atoms with van der Waals surface area (Å²) in [5, 5.41) is 7.09. The molecule has 6 nitrogen and oxygen atoms in total. The quantitative estimate of drug-likeness (QED) is 0.210. The number of unbranched alkanes of at least 4 members (excludes halogenated alkanes) is 1. The van der Waals surface area contributed by atoms with Crippen LogP contribution in [0.25, 0.3) is 0 Å². The monoisotopic (exact) mass is 560 g/mol. The Bertz CT molecular complexity index is 672. The largest absolute Gasteiger partial charge is 0.367 e. The van der Waals surface area contributed by atoms with Crippen molar-refractivity contribution in [2.24, 2.45) is 4.99 Å². The van der Waals surface area contributed by atoms with E-state index in [2.05, 4.69) is 37.2 Å². The van der Waals surface area contributed by atoms with Crippen LogP contribution in [-0.4, -0.2) is 87.8 Å². The number of piperazine rings is 1. The minimum atomic E-state index is -0.120. The van der Waals surface area contributed by atoms with Gasteiger partial charge in [0.15, 0.2) is 5.96 Å². The van der Waals surface area contributed by atoms with Crippen LogP contribution in [0.15, 0.2) is 29.3 Å². The van der Waals surface area contributed by atoms with Crippen molar-refractivity contribution in [2.45, 2.75) is 45.1 Å². The van der Waals surface area contributed by atoms with E-state index in [9.17, 15) is 4.39 Å². The fourth-order valence-corrected chi connectivity index (χ4v) is 4.50. The third-order valence-corrected chi connectivity index (χ3v) is 6.49. The molecule has 2 fully saturated rings. The molecule has 0 amide bonds. The lowest BCUT2D eigenvalue weighted by Gasteiger charge is -2.36. The topological polar surface area (TPSA) is 46.1 Å². The van der Waals surface area contributed by atoms with Crippen molar-refractivity contribution in [3.05, 3.63) is 30.1 Å². The molecule has 2 aliphatic rings. The highest BCUT2D eigenvalue weighted by atomic mass is 127. The molecule has 0 radical (unpaired) electrons. The molecule has 182 valence electrons. The summed E-state index contributed by atoms with van der Waals surface area (Å²) in [5.74, 6) is 0.807. The van der Waals surface area contributed by atoms with Crippen LogP contribution in [0.5, 0.6) is 0 Å². The first-order valence-corrected chi connectivity index (χ1v) is 12.1. The third kappa shape index (κ3) is 8.67. The normalized spacial score (nSPS) is 19.0. The van der Waals surface area contributed by atoms with Gasteiger partial charge in [-0.1, -0.05) is 25.5 Å². The van der Waals surface area contributed by atoms with Gasteiger partial charge in [0.25, 0.3) is 0 Å². The predicted octanol–water partition coefficient (Wildman–Crippen LogP) is 3.39. The van der Waals surface area contributed by atoms with Crippen molar-refractivity contribution in [1.82, 2.24) is 20.4 Å². The molecule has 2 heterocycles. The van der Waals surface area contributed by atoms with E-state index >= 15 is 0 Å². The van der Waals surface area contributed by atoms with Gasteiger partial charge in [0.2, 0.25) is 0 Å². The molecule has 1 aromatic rings. The van der Waals surface area contributed by atoms with Gasteiger partial charge in [-0.15, -0.1) is 24.0 Å². The number of hydrogen-bond acceptors (Lipinski definition) is 4. The second kappa shape index (κ2) is 14.9. The Morgan fingerprint density at radius 3 is 2.31 bits per heavy atom. The molecule has 2 saturated heterocycles. The minimum Gasteiger partial charge on any atom is -0.367 e. The molecular weight excluding hydrogens is 518 g/mol. The summed E-state index contributed by atoms with van der Waals surface area (Å²) in [6, 6.07) is 7.61. The minimum absolute atomic E-state index is 0. The highest BCUT2D eigenvalue weighted by molar-refractivity contribution is 14.0. The van der Waals surface area contributed by atoms with Crippen LogP contribution in [0.3, 0.4) is 0 Å². The summed E-state index contributed by atoms with van der Waals surface area (Å²) in [4.78, 5) is 11.6. The average molecular weight is 561 g/mol. The van der Waals surface area contributed by atoms with Crippen LogP contribution >= 0.6 is 24.0 Å². The van der Waals surface area contributed by atoms with Crippen LogP contribution < -0.4 is 15.5 Å². The zero-order chi connectivity index (χ0) is 21.9. The fourth-order valence-electron chi connectivity index (χ4n) is 4.50. The number of para-hydroxylation sites is 1. The number of rotatable bonds is 9. The van der Waals surface area contributed by atoms with Crippen molar-refractivity contribution in [2.75, 3.05) is 70.9 Å². The lowest BCUT2D eigenvalue weighted by Crippen LogP contribution is -2.49. The molecule has 0 aromatic heterocycles. The van der Waals surface area contributed by atoms with Gasteiger partial charge >= 0.3 is 0 Å². The van der Waals surface area contributed by atoms with Crippen molar-refractivity contribution in [3.8, 4) is 0 Å². The first kappa shape index (κ1) is 27.1. The molecule has 0 bridgehead atoms. The molecule has 8 heteroatoms. The van der Waals surface area contributed by atoms with Crippen LogP contribution in [-0.2, 0) is 0 Å². The Labute approximate surface area is 211 Å². The average Bonchev–Trinajstić information content (AvgIpc) is 2.81. The number of piperidine rings is 1. The molecule has 0 atom stereocenters. The van der Waals surface area contributed by atoms with E-state index in [1.165, 1.54) is 45.3 Å². The Balaban J connectivity index is 0.00000363. The maximum absolute atomic E-state index is 14.0. The van der Waals surface area contributed by atoms with Crippen LogP contribution in [0, 0.1) is 5.82 Å². The highest BCUT2D eigenvalue weighted by Gasteiger charge is 2.20. The van der Waals surface area contributed by atoms with E-state index in [4.69, 9.17) is 0 Å². The van der Waals surface area contributed by atoms with Crippen LogP contribution in [0.1, 0.15) is 39.0 Å². The van der Waals surface area contributed by atoms with Gasteiger partial charge in [-0.2, -0.15) is 0 Å². The molecule has 32 heavy (non-hydrogen) atoms. The highest BCUT2D eigenvalue weighted by Crippen LogP contribution is 2.20. The molecule has 2 aliphatic heterocycles. The number of guanidine groups is 1. The Hall–Kier alpha value is -1.13. The van der Waals surface area contributed by atoms with E-state index in [0.29, 0.717) is 6.04 Å². The molecule has 0 saturated carbocycles. The smallest absolute Gasteiger partial charge is 0.191 e. The van der Waals surface area contributed by atoms with E-state index in [1.807, 2.05) is 19.2 Å². The Morgan fingerprint density at radius 1 is 1.00 bits per heavy atom. The molecule has 2 N–H and O–H groups in total. The van der Waals surface area contributed by atoms with Crippen molar-refractivity contribution < 1.29 is 4.39 Å². The molecule has 0 aliphatic carbocycles. The van der Waals surface area contributed by atoms with Crippen molar-refractivity contribution in [1.29, 1.82) is 0 Å². The number of halogens is 2. The van der Waals surface area contributed by atoms with E-state index in [-0.39, 0.29) is 29.8 Å². The summed E-state index contributed by atoms with van der Waals surface area (Å²) in [6.45, 7) is 11.6. The zero-order valence-electron chi connectivity index (χ0n) is 19.9. The van der Waals surface area contributed by atoms with Gasteiger partial charge in [-0.3, -0.25) is 9.89 Å². The number of aliphatic imine (C=N–C) groups is 1. The lowest BCUT2D eigenvalue weighted by atomic mass is 10.0. The lowest BCUT2D eigenvalue weighted by molar-refractivity contribution is 0.203. The number of likely N-dealkylation sites (tertiary alicyclic amines) is 1. The maximum Gasteiger partial charge on any atom is 0.191 e. The first-order chi connectivity index (χ1) is 15.2.